The van der Waals surface area contributed by atoms with Crippen molar-refractivity contribution in [2.75, 3.05) is 13.1 Å². The molecule has 0 aromatic carbocycles. The first-order valence-corrected chi connectivity index (χ1v) is 8.02. The van der Waals surface area contributed by atoms with Crippen LogP contribution in [0.5, 0.6) is 0 Å². The molecule has 6 heteroatoms. The van der Waals surface area contributed by atoms with Crippen molar-refractivity contribution in [2.45, 2.75) is 70.0 Å². The Morgan fingerprint density at radius 1 is 1.29 bits per heavy atom. The predicted octanol–water partition coefficient (Wildman–Crippen LogP) is 1.56. The van der Waals surface area contributed by atoms with Gasteiger partial charge in [-0.25, -0.2) is 4.79 Å². The highest BCUT2D eigenvalue weighted by Gasteiger charge is 2.38. The van der Waals surface area contributed by atoms with Crippen molar-refractivity contribution in [3.8, 4) is 0 Å². The van der Waals surface area contributed by atoms with Gasteiger partial charge in [-0.2, -0.15) is 0 Å². The summed E-state index contributed by atoms with van der Waals surface area (Å²) in [6, 6.07) is 0.383. The minimum absolute atomic E-state index is 0.0198. The van der Waals surface area contributed by atoms with Gasteiger partial charge in [-0.3, -0.25) is 9.69 Å². The van der Waals surface area contributed by atoms with Crippen molar-refractivity contribution in [3.63, 3.8) is 0 Å². The second-order valence-corrected chi connectivity index (χ2v) is 6.36. The average molecular weight is 297 g/mol. The highest BCUT2D eigenvalue weighted by Crippen LogP contribution is 2.34. The van der Waals surface area contributed by atoms with Crippen molar-refractivity contribution in [1.29, 1.82) is 0 Å². The molecule has 0 saturated heterocycles. The number of likely N-dealkylation sites (N-methyl/N-ethyl adjacent to an activating group) is 1. The molecule has 0 spiro atoms. The SMILES string of the molecule is CCN(CC(=O)O)C1CC(NC(=O)NC2(CC)CCC2)C1. The largest absolute Gasteiger partial charge is 0.480 e. The molecule has 0 heterocycles. The van der Waals surface area contributed by atoms with Crippen LogP contribution in [0, 0.1) is 0 Å². The number of aliphatic carboxylic acids is 1. The summed E-state index contributed by atoms with van der Waals surface area (Å²) < 4.78 is 0. The van der Waals surface area contributed by atoms with Gasteiger partial charge in [0.25, 0.3) is 0 Å². The molecule has 2 rings (SSSR count). The molecule has 0 aliphatic heterocycles. The summed E-state index contributed by atoms with van der Waals surface area (Å²) in [5.74, 6) is -0.791. The fourth-order valence-corrected chi connectivity index (χ4v) is 3.31. The third kappa shape index (κ3) is 3.87. The lowest BCUT2D eigenvalue weighted by atomic mass is 9.75. The van der Waals surface area contributed by atoms with E-state index >= 15 is 0 Å². The Morgan fingerprint density at radius 2 is 1.95 bits per heavy atom. The summed E-state index contributed by atoms with van der Waals surface area (Å²) >= 11 is 0. The quantitative estimate of drug-likeness (QED) is 0.666. The Bertz CT molecular complexity index is 384. The number of rotatable bonds is 7. The van der Waals surface area contributed by atoms with Crippen LogP contribution in [0.4, 0.5) is 4.79 Å². The third-order valence-corrected chi connectivity index (χ3v) is 5.08. The second kappa shape index (κ2) is 6.64. The molecular weight excluding hydrogens is 270 g/mol. The zero-order valence-corrected chi connectivity index (χ0v) is 13.0. The van der Waals surface area contributed by atoms with E-state index in [1.807, 2.05) is 11.8 Å². The number of nitrogens with zero attached hydrogens (tertiary/aromatic N) is 1. The molecule has 2 amide bonds. The van der Waals surface area contributed by atoms with Crippen LogP contribution in [-0.2, 0) is 4.79 Å². The van der Waals surface area contributed by atoms with E-state index in [1.54, 1.807) is 0 Å². The summed E-state index contributed by atoms with van der Waals surface area (Å²) in [6.45, 7) is 4.90. The fraction of sp³-hybridized carbons (Fsp3) is 0.867. The zero-order valence-electron chi connectivity index (χ0n) is 13.0. The Hall–Kier alpha value is -1.30. The number of carbonyl (C=O) groups is 2. The first-order chi connectivity index (χ1) is 9.98. The van der Waals surface area contributed by atoms with Crippen LogP contribution in [0.3, 0.4) is 0 Å². The van der Waals surface area contributed by atoms with Gasteiger partial charge in [0.05, 0.1) is 6.54 Å². The van der Waals surface area contributed by atoms with Crippen LogP contribution >= 0.6 is 0 Å². The molecule has 2 aliphatic rings. The monoisotopic (exact) mass is 297 g/mol. The topological polar surface area (TPSA) is 81.7 Å². The molecule has 6 nitrogen and oxygen atoms in total. The van der Waals surface area contributed by atoms with E-state index in [9.17, 15) is 9.59 Å². The Labute approximate surface area is 126 Å². The number of carboxylic acid groups (broad SMARTS) is 1. The van der Waals surface area contributed by atoms with Crippen LogP contribution in [0.15, 0.2) is 0 Å². The van der Waals surface area contributed by atoms with E-state index < -0.39 is 5.97 Å². The van der Waals surface area contributed by atoms with Crippen LogP contribution in [0.25, 0.3) is 0 Å². The van der Waals surface area contributed by atoms with Gasteiger partial charge in [0.2, 0.25) is 0 Å². The van der Waals surface area contributed by atoms with Crippen LogP contribution in [-0.4, -0.2) is 52.7 Å². The minimum Gasteiger partial charge on any atom is -0.480 e. The maximum absolute atomic E-state index is 12.0. The number of carboxylic acids is 1. The first-order valence-electron chi connectivity index (χ1n) is 8.02. The lowest BCUT2D eigenvalue weighted by Gasteiger charge is -2.45. The summed E-state index contributed by atoms with van der Waals surface area (Å²) in [7, 11) is 0. The molecule has 2 fully saturated rings. The number of urea groups is 1. The lowest BCUT2D eigenvalue weighted by molar-refractivity contribution is -0.139. The summed E-state index contributed by atoms with van der Waals surface area (Å²) in [5.41, 5.74) is 0.0198. The van der Waals surface area contributed by atoms with Gasteiger partial charge in [0.1, 0.15) is 0 Å². The van der Waals surface area contributed by atoms with E-state index in [0.717, 1.165) is 38.6 Å². The molecule has 0 aromatic heterocycles. The highest BCUT2D eigenvalue weighted by molar-refractivity contribution is 5.75. The van der Waals surface area contributed by atoms with Crippen LogP contribution < -0.4 is 10.6 Å². The number of hydrogen-bond donors (Lipinski definition) is 3. The van der Waals surface area contributed by atoms with Crippen LogP contribution in [0.1, 0.15) is 52.4 Å². The first kappa shape index (κ1) is 16.1. The van der Waals surface area contributed by atoms with Gasteiger partial charge in [-0.05, 0) is 45.1 Å². The normalized spacial score (nSPS) is 26.6. The Morgan fingerprint density at radius 3 is 2.38 bits per heavy atom. The second-order valence-electron chi connectivity index (χ2n) is 6.36. The van der Waals surface area contributed by atoms with Crippen molar-refractivity contribution in [3.05, 3.63) is 0 Å². The molecule has 0 aromatic rings. The summed E-state index contributed by atoms with van der Waals surface area (Å²) in [5, 5.41) is 15.0. The number of carbonyl (C=O) groups excluding carboxylic acids is 1. The minimum atomic E-state index is -0.791. The van der Waals surface area contributed by atoms with E-state index in [-0.39, 0.29) is 30.2 Å². The molecule has 0 radical (unpaired) electrons. The van der Waals surface area contributed by atoms with Gasteiger partial charge in [0.15, 0.2) is 0 Å². The maximum Gasteiger partial charge on any atom is 0.317 e. The lowest BCUT2D eigenvalue weighted by Crippen LogP contribution is -2.60. The molecule has 2 aliphatic carbocycles. The van der Waals surface area contributed by atoms with E-state index in [2.05, 4.69) is 17.6 Å². The van der Waals surface area contributed by atoms with Gasteiger partial charge >= 0.3 is 12.0 Å². The fourth-order valence-electron chi connectivity index (χ4n) is 3.31. The Balaban J connectivity index is 1.70. The predicted molar refractivity (Wildman–Crippen MR) is 80.2 cm³/mol. The summed E-state index contributed by atoms with van der Waals surface area (Å²) in [4.78, 5) is 24.7. The number of hydrogen-bond acceptors (Lipinski definition) is 3. The van der Waals surface area contributed by atoms with E-state index in [1.165, 1.54) is 6.42 Å². The molecule has 0 unspecified atom stereocenters. The van der Waals surface area contributed by atoms with Gasteiger partial charge in [-0.15, -0.1) is 0 Å². The molecule has 120 valence electrons. The Kier molecular flexibility index (Phi) is 5.08. The van der Waals surface area contributed by atoms with Gasteiger partial charge in [-0.1, -0.05) is 13.8 Å². The van der Waals surface area contributed by atoms with E-state index in [0.29, 0.717) is 0 Å². The highest BCUT2D eigenvalue weighted by atomic mass is 16.4. The van der Waals surface area contributed by atoms with Crippen molar-refractivity contribution < 1.29 is 14.7 Å². The zero-order chi connectivity index (χ0) is 15.5. The third-order valence-electron chi connectivity index (χ3n) is 5.08. The van der Waals surface area contributed by atoms with Crippen LogP contribution in [0.2, 0.25) is 0 Å². The van der Waals surface area contributed by atoms with Crippen molar-refractivity contribution in [2.24, 2.45) is 0 Å². The smallest absolute Gasteiger partial charge is 0.317 e. The molecule has 0 atom stereocenters. The maximum atomic E-state index is 12.0. The van der Waals surface area contributed by atoms with Gasteiger partial charge in [0, 0.05) is 17.6 Å². The van der Waals surface area contributed by atoms with Crippen molar-refractivity contribution in [1.82, 2.24) is 15.5 Å². The molecule has 3 N–H and O–H groups in total. The molecular formula is C15H27N3O3. The standard InChI is InChI=1S/C15H27N3O3/c1-3-15(6-5-7-15)17-14(21)16-11-8-12(9-11)18(4-2)10-13(19)20/h11-12H,3-10H2,1-2H3,(H,19,20)(H2,16,17,21). The molecule has 0 bridgehead atoms. The number of amides is 2. The van der Waals surface area contributed by atoms with E-state index in [4.69, 9.17) is 5.11 Å². The summed E-state index contributed by atoms with van der Waals surface area (Å²) in [6.07, 6.45) is 6.01. The average Bonchev–Trinajstić information content (AvgIpc) is 2.35. The van der Waals surface area contributed by atoms with Crippen molar-refractivity contribution >= 4 is 12.0 Å². The molecule has 21 heavy (non-hydrogen) atoms. The number of nitrogens with one attached hydrogen (secondary N) is 2. The molecule has 2 saturated carbocycles. The van der Waals surface area contributed by atoms with Gasteiger partial charge < -0.3 is 15.7 Å².